The number of nitrogens with one attached hydrogen (secondary N) is 1. The molecule has 27 heavy (non-hydrogen) atoms. The van der Waals surface area contributed by atoms with Gasteiger partial charge in [0.25, 0.3) is 0 Å². The van der Waals surface area contributed by atoms with Gasteiger partial charge >= 0.3 is 0 Å². The minimum absolute atomic E-state index is 0.321. The lowest BCUT2D eigenvalue weighted by Gasteiger charge is -2.26. The number of aromatic nitrogens is 3. The van der Waals surface area contributed by atoms with Crippen molar-refractivity contribution in [1.82, 2.24) is 20.1 Å². The summed E-state index contributed by atoms with van der Waals surface area (Å²) in [7, 11) is 1.75. The Morgan fingerprint density at radius 2 is 1.70 bits per heavy atom. The molecular formula is C19H17F2N5S. The molecule has 0 spiro atoms. The maximum absolute atomic E-state index is 14.7. The molecule has 0 radical (unpaired) electrons. The van der Waals surface area contributed by atoms with E-state index in [0.717, 1.165) is 36.0 Å². The number of rotatable bonds is 2. The standard InChI is InChI=1S/C19H17F2N5S/c1-25-10-13-6-11(7-14(20)17(13)24-25)12-8-15(21)18-16(9-12)27-19(23-18)26-4-2-22-3-5-26/h6-10,22H,2-5H2,1H3. The van der Waals surface area contributed by atoms with Crippen LogP contribution in [0.4, 0.5) is 13.9 Å². The van der Waals surface area contributed by atoms with Crippen molar-refractivity contribution >= 4 is 37.6 Å². The van der Waals surface area contributed by atoms with E-state index in [0.29, 0.717) is 27.5 Å². The molecule has 1 N–H and O–H groups in total. The van der Waals surface area contributed by atoms with E-state index in [9.17, 15) is 8.78 Å². The lowest BCUT2D eigenvalue weighted by molar-refractivity contribution is 0.588. The summed E-state index contributed by atoms with van der Waals surface area (Å²) in [4.78, 5) is 6.66. The molecule has 5 rings (SSSR count). The first kappa shape index (κ1) is 16.6. The zero-order valence-corrected chi connectivity index (χ0v) is 15.5. The summed E-state index contributed by atoms with van der Waals surface area (Å²) in [5.74, 6) is -0.791. The summed E-state index contributed by atoms with van der Waals surface area (Å²) in [6.45, 7) is 3.51. The van der Waals surface area contributed by atoms with Crippen LogP contribution in [0.15, 0.2) is 30.5 Å². The average Bonchev–Trinajstić information content (AvgIpc) is 3.26. The average molecular weight is 385 g/mol. The molecule has 5 nitrogen and oxygen atoms in total. The van der Waals surface area contributed by atoms with Crippen molar-refractivity contribution in [3.05, 3.63) is 42.1 Å². The van der Waals surface area contributed by atoms with Crippen LogP contribution in [0.5, 0.6) is 0 Å². The largest absolute Gasteiger partial charge is 0.346 e. The second-order valence-electron chi connectivity index (χ2n) is 6.74. The summed E-state index contributed by atoms with van der Waals surface area (Å²) in [6, 6.07) is 6.57. The second-order valence-corrected chi connectivity index (χ2v) is 7.75. The number of anilines is 1. The predicted molar refractivity (Wildman–Crippen MR) is 104 cm³/mol. The topological polar surface area (TPSA) is 46.0 Å². The Hall–Kier alpha value is -2.58. The zero-order chi connectivity index (χ0) is 18.5. The highest BCUT2D eigenvalue weighted by molar-refractivity contribution is 7.22. The van der Waals surface area contributed by atoms with Crippen LogP contribution >= 0.6 is 11.3 Å². The van der Waals surface area contributed by atoms with E-state index in [4.69, 9.17) is 0 Å². The summed E-state index contributed by atoms with van der Waals surface area (Å²) >= 11 is 1.48. The Balaban J connectivity index is 1.61. The fraction of sp³-hybridized carbons (Fsp3) is 0.263. The number of hydrogen-bond donors (Lipinski definition) is 1. The van der Waals surface area contributed by atoms with Crippen molar-refractivity contribution in [3.8, 4) is 11.1 Å². The molecule has 4 aromatic rings. The zero-order valence-electron chi connectivity index (χ0n) is 14.7. The first-order valence-electron chi connectivity index (χ1n) is 8.77. The number of halogens is 2. The summed E-state index contributed by atoms with van der Waals surface area (Å²) in [6.07, 6.45) is 1.76. The molecule has 1 saturated heterocycles. The van der Waals surface area contributed by atoms with E-state index in [1.807, 2.05) is 12.1 Å². The van der Waals surface area contributed by atoms with Crippen molar-refractivity contribution in [2.45, 2.75) is 0 Å². The van der Waals surface area contributed by atoms with Crippen LogP contribution in [0.2, 0.25) is 0 Å². The van der Waals surface area contributed by atoms with Gasteiger partial charge in [-0.15, -0.1) is 0 Å². The van der Waals surface area contributed by atoms with Gasteiger partial charge in [-0.05, 0) is 35.4 Å². The highest BCUT2D eigenvalue weighted by Crippen LogP contribution is 2.35. The molecule has 1 aliphatic rings. The van der Waals surface area contributed by atoms with Gasteiger partial charge in [0, 0.05) is 44.8 Å². The number of thiazole rings is 1. The number of fused-ring (bicyclic) bond motifs is 2. The highest BCUT2D eigenvalue weighted by Gasteiger charge is 2.18. The number of piperazine rings is 1. The number of hydrogen-bond acceptors (Lipinski definition) is 5. The van der Waals surface area contributed by atoms with Crippen LogP contribution in [0, 0.1) is 11.6 Å². The normalized spacial score (nSPS) is 15.1. The monoisotopic (exact) mass is 385 g/mol. The number of aryl methyl sites for hydroxylation is 1. The molecule has 2 aromatic heterocycles. The fourth-order valence-electron chi connectivity index (χ4n) is 3.51. The highest BCUT2D eigenvalue weighted by atomic mass is 32.1. The molecule has 138 valence electrons. The first-order valence-corrected chi connectivity index (χ1v) is 9.59. The molecule has 0 bridgehead atoms. The SMILES string of the molecule is Cn1cc2cc(-c3cc(F)c4nc(N5CCNCC5)sc4c3)cc(F)c2n1. The third-order valence-corrected chi connectivity index (χ3v) is 5.90. The number of nitrogens with zero attached hydrogens (tertiary/aromatic N) is 4. The lowest BCUT2D eigenvalue weighted by atomic mass is 10.0. The van der Waals surface area contributed by atoms with Crippen molar-refractivity contribution in [3.63, 3.8) is 0 Å². The number of benzene rings is 2. The van der Waals surface area contributed by atoms with Crippen molar-refractivity contribution in [2.24, 2.45) is 7.05 Å². The maximum Gasteiger partial charge on any atom is 0.186 e. The summed E-state index contributed by atoms with van der Waals surface area (Å²) < 4.78 is 31.5. The third kappa shape index (κ3) is 2.85. The van der Waals surface area contributed by atoms with Crippen LogP contribution in [-0.2, 0) is 7.05 Å². The maximum atomic E-state index is 14.7. The molecule has 1 fully saturated rings. The minimum atomic E-state index is -0.408. The Labute approximate surface area is 158 Å². The van der Waals surface area contributed by atoms with Gasteiger partial charge in [0.2, 0.25) is 0 Å². The van der Waals surface area contributed by atoms with Gasteiger partial charge in [0.05, 0.1) is 4.70 Å². The predicted octanol–water partition coefficient (Wildman–Crippen LogP) is 3.54. The van der Waals surface area contributed by atoms with E-state index in [2.05, 4.69) is 20.3 Å². The van der Waals surface area contributed by atoms with Crippen molar-refractivity contribution in [1.29, 1.82) is 0 Å². The van der Waals surface area contributed by atoms with E-state index in [1.54, 1.807) is 17.9 Å². The second kappa shape index (κ2) is 6.24. The molecule has 8 heteroatoms. The molecule has 3 heterocycles. The Morgan fingerprint density at radius 3 is 2.48 bits per heavy atom. The summed E-state index contributed by atoms with van der Waals surface area (Å²) in [5, 5.41) is 8.94. The Morgan fingerprint density at radius 1 is 1.00 bits per heavy atom. The fourth-order valence-corrected chi connectivity index (χ4v) is 4.58. The third-order valence-electron chi connectivity index (χ3n) is 4.83. The van der Waals surface area contributed by atoms with Gasteiger partial charge in [-0.1, -0.05) is 11.3 Å². The molecule has 1 aliphatic heterocycles. The first-order chi connectivity index (χ1) is 13.1. The van der Waals surface area contributed by atoms with E-state index in [-0.39, 0.29) is 5.82 Å². The van der Waals surface area contributed by atoms with Crippen molar-refractivity contribution < 1.29 is 8.78 Å². The van der Waals surface area contributed by atoms with Crippen LogP contribution in [-0.4, -0.2) is 40.9 Å². The van der Waals surface area contributed by atoms with E-state index in [1.165, 1.54) is 23.5 Å². The minimum Gasteiger partial charge on any atom is -0.346 e. The quantitative estimate of drug-likeness (QED) is 0.573. The summed E-state index contributed by atoms with van der Waals surface area (Å²) in [5.41, 5.74) is 1.97. The lowest BCUT2D eigenvalue weighted by Crippen LogP contribution is -2.43. The van der Waals surface area contributed by atoms with Crippen molar-refractivity contribution in [2.75, 3.05) is 31.1 Å². The van der Waals surface area contributed by atoms with Crippen LogP contribution in [0.3, 0.4) is 0 Å². The molecule has 0 saturated carbocycles. The van der Waals surface area contributed by atoms with Crippen LogP contribution < -0.4 is 10.2 Å². The van der Waals surface area contributed by atoms with Gasteiger partial charge in [0.15, 0.2) is 16.8 Å². The molecule has 2 aromatic carbocycles. The molecule has 0 aliphatic carbocycles. The van der Waals surface area contributed by atoms with E-state index >= 15 is 0 Å². The van der Waals surface area contributed by atoms with E-state index < -0.39 is 5.82 Å². The van der Waals surface area contributed by atoms with Gasteiger partial charge in [-0.3, -0.25) is 4.68 Å². The Kier molecular flexibility index (Phi) is 3.84. The van der Waals surface area contributed by atoms with Gasteiger partial charge < -0.3 is 10.2 Å². The van der Waals surface area contributed by atoms with Gasteiger partial charge in [-0.25, -0.2) is 13.8 Å². The Bertz CT molecular complexity index is 1160. The molecular weight excluding hydrogens is 368 g/mol. The molecule has 0 atom stereocenters. The smallest absolute Gasteiger partial charge is 0.186 e. The van der Waals surface area contributed by atoms with Crippen LogP contribution in [0.25, 0.3) is 32.2 Å². The molecule has 0 amide bonds. The van der Waals surface area contributed by atoms with Crippen LogP contribution in [0.1, 0.15) is 0 Å². The molecule has 0 unspecified atom stereocenters. The van der Waals surface area contributed by atoms with Gasteiger partial charge in [-0.2, -0.15) is 5.10 Å². The van der Waals surface area contributed by atoms with Gasteiger partial charge in [0.1, 0.15) is 11.0 Å².